The Morgan fingerprint density at radius 3 is 2.60 bits per heavy atom. The summed E-state index contributed by atoms with van der Waals surface area (Å²) in [6, 6.07) is 3.43. The zero-order valence-electron chi connectivity index (χ0n) is 14.3. The Balaban J connectivity index is 2.00. The molecule has 0 amide bonds. The number of anilines is 1. The van der Waals surface area contributed by atoms with E-state index >= 15 is 0 Å². The smallest absolute Gasteiger partial charge is 0.254 e. The minimum absolute atomic E-state index is 0.381. The Morgan fingerprint density at radius 1 is 1.24 bits per heavy atom. The molecule has 0 bridgehead atoms. The molecule has 0 aliphatic carbocycles. The van der Waals surface area contributed by atoms with E-state index in [1.54, 1.807) is 29.2 Å². The average molecular weight is 364 g/mol. The molecule has 0 fully saturated rings. The minimum atomic E-state index is -0.663. The van der Waals surface area contributed by atoms with Gasteiger partial charge in [-0.25, -0.2) is 0 Å². The van der Waals surface area contributed by atoms with Gasteiger partial charge >= 0.3 is 0 Å². The van der Waals surface area contributed by atoms with Crippen molar-refractivity contribution >= 4 is 17.3 Å². The molecule has 2 heterocycles. The maximum atomic E-state index is 6.24. The highest BCUT2D eigenvalue weighted by Crippen LogP contribution is 2.39. The fourth-order valence-electron chi connectivity index (χ4n) is 2.38. The summed E-state index contributed by atoms with van der Waals surface area (Å²) >= 11 is 6.24. The predicted molar refractivity (Wildman–Crippen MR) is 92.9 cm³/mol. The number of ether oxygens (including phenoxy) is 2. The Bertz CT molecular complexity index is 903. The fraction of sp³-hybridized carbons (Fsp3) is 0.312. The van der Waals surface area contributed by atoms with Gasteiger partial charge in [0.2, 0.25) is 5.82 Å². The van der Waals surface area contributed by atoms with Gasteiger partial charge in [-0.1, -0.05) is 16.8 Å². The normalized spacial score (nSPS) is 11.6. The largest absolute Gasteiger partial charge is 0.493 e. The van der Waals surface area contributed by atoms with Gasteiger partial charge in [-0.15, -0.1) is 0 Å². The summed E-state index contributed by atoms with van der Waals surface area (Å²) in [5.74, 6) is 1.70. The second-order valence-corrected chi connectivity index (χ2v) is 6.30. The van der Waals surface area contributed by atoms with Gasteiger partial charge in [0.1, 0.15) is 5.54 Å². The van der Waals surface area contributed by atoms with E-state index in [1.165, 1.54) is 14.2 Å². The van der Waals surface area contributed by atoms with Gasteiger partial charge in [-0.3, -0.25) is 4.68 Å². The Morgan fingerprint density at radius 2 is 2.00 bits per heavy atom. The van der Waals surface area contributed by atoms with Crippen LogP contribution in [0.1, 0.15) is 19.7 Å². The van der Waals surface area contributed by atoms with Gasteiger partial charge < -0.3 is 19.7 Å². The Hall–Kier alpha value is -2.74. The van der Waals surface area contributed by atoms with Crippen molar-refractivity contribution in [3.63, 3.8) is 0 Å². The van der Waals surface area contributed by atoms with Crippen LogP contribution in [0.15, 0.2) is 29.0 Å². The molecule has 1 aromatic carbocycles. The summed E-state index contributed by atoms with van der Waals surface area (Å²) in [4.78, 5) is 4.48. The second-order valence-electron chi connectivity index (χ2n) is 5.89. The number of nitrogen functional groups attached to an aromatic ring is 1. The molecule has 2 N–H and O–H groups in total. The number of nitrogens with zero attached hydrogens (tertiary/aromatic N) is 4. The topological polar surface area (TPSA) is 101 Å². The first-order chi connectivity index (χ1) is 11.9. The molecule has 0 atom stereocenters. The van der Waals surface area contributed by atoms with Crippen LogP contribution in [0.2, 0.25) is 5.02 Å². The zero-order chi connectivity index (χ0) is 18.2. The molecule has 9 heteroatoms. The SMILES string of the molecule is COc1cc(-c2noc(C(C)(C)n3cc(N)cn3)n2)cc(Cl)c1OC. The van der Waals surface area contributed by atoms with Gasteiger partial charge in [0.15, 0.2) is 11.5 Å². The van der Waals surface area contributed by atoms with Crippen molar-refractivity contribution < 1.29 is 14.0 Å². The maximum Gasteiger partial charge on any atom is 0.254 e. The van der Waals surface area contributed by atoms with Crippen LogP contribution in [0.5, 0.6) is 11.5 Å². The molecule has 8 nitrogen and oxygen atoms in total. The molecule has 0 radical (unpaired) electrons. The van der Waals surface area contributed by atoms with Crippen molar-refractivity contribution in [1.82, 2.24) is 19.9 Å². The van der Waals surface area contributed by atoms with Crippen molar-refractivity contribution in [2.24, 2.45) is 0 Å². The molecule has 0 saturated heterocycles. The molecule has 0 spiro atoms. The van der Waals surface area contributed by atoms with Crippen molar-refractivity contribution in [3.05, 3.63) is 35.4 Å². The molecule has 3 aromatic rings. The summed E-state index contributed by atoms with van der Waals surface area (Å²) in [5, 5.41) is 8.65. The highest BCUT2D eigenvalue weighted by Gasteiger charge is 2.31. The average Bonchev–Trinajstić information content (AvgIpc) is 3.23. The molecule has 0 saturated carbocycles. The lowest BCUT2D eigenvalue weighted by atomic mass is 10.1. The van der Waals surface area contributed by atoms with E-state index in [-0.39, 0.29) is 0 Å². The third kappa shape index (κ3) is 3.00. The number of methoxy groups -OCH3 is 2. The number of hydrogen-bond donors (Lipinski definition) is 1. The molecule has 3 rings (SSSR count). The molecule has 2 aromatic heterocycles. The number of halogens is 1. The maximum absolute atomic E-state index is 6.24. The minimum Gasteiger partial charge on any atom is -0.493 e. The first-order valence-corrected chi connectivity index (χ1v) is 7.81. The lowest BCUT2D eigenvalue weighted by Crippen LogP contribution is -2.28. The lowest BCUT2D eigenvalue weighted by molar-refractivity contribution is 0.261. The first kappa shape index (κ1) is 17.1. The van der Waals surface area contributed by atoms with E-state index in [4.69, 9.17) is 31.3 Å². The van der Waals surface area contributed by atoms with Crippen LogP contribution in [0.4, 0.5) is 5.69 Å². The van der Waals surface area contributed by atoms with Crippen molar-refractivity contribution in [2.75, 3.05) is 20.0 Å². The second kappa shape index (κ2) is 6.29. The third-order valence-electron chi connectivity index (χ3n) is 3.82. The van der Waals surface area contributed by atoms with Crippen LogP contribution in [-0.2, 0) is 5.54 Å². The standard InChI is InChI=1S/C16H18ClN5O3/c1-16(2,22-8-10(18)7-19-22)15-20-14(21-25-15)9-5-11(17)13(24-4)12(6-9)23-3/h5-8H,18H2,1-4H3. The Kier molecular flexibility index (Phi) is 4.30. The summed E-state index contributed by atoms with van der Waals surface area (Å²) in [6.07, 6.45) is 3.27. The van der Waals surface area contributed by atoms with Crippen LogP contribution < -0.4 is 15.2 Å². The summed E-state index contributed by atoms with van der Waals surface area (Å²) in [5.41, 5.74) is 6.27. The lowest BCUT2D eigenvalue weighted by Gasteiger charge is -2.20. The van der Waals surface area contributed by atoms with Gasteiger partial charge in [-0.2, -0.15) is 10.1 Å². The third-order valence-corrected chi connectivity index (χ3v) is 4.10. The van der Waals surface area contributed by atoms with Gasteiger partial charge in [-0.05, 0) is 26.0 Å². The highest BCUT2D eigenvalue weighted by atomic mass is 35.5. The number of rotatable bonds is 5. The van der Waals surface area contributed by atoms with Crippen LogP contribution in [0, 0.1) is 0 Å². The van der Waals surface area contributed by atoms with Gasteiger partial charge in [0.05, 0.1) is 31.1 Å². The van der Waals surface area contributed by atoms with E-state index in [0.29, 0.717) is 39.5 Å². The Labute approximate surface area is 149 Å². The van der Waals surface area contributed by atoms with E-state index in [2.05, 4.69) is 15.2 Å². The van der Waals surface area contributed by atoms with Crippen LogP contribution >= 0.6 is 11.6 Å². The van der Waals surface area contributed by atoms with Gasteiger partial charge in [0, 0.05) is 11.8 Å². The molecule has 132 valence electrons. The number of benzene rings is 1. The zero-order valence-corrected chi connectivity index (χ0v) is 15.0. The molecule has 0 aliphatic rings. The number of aromatic nitrogens is 4. The van der Waals surface area contributed by atoms with Crippen LogP contribution in [0.3, 0.4) is 0 Å². The molecular formula is C16H18ClN5O3. The summed E-state index contributed by atoms with van der Waals surface area (Å²) in [7, 11) is 3.05. The number of hydrogen-bond acceptors (Lipinski definition) is 7. The first-order valence-electron chi connectivity index (χ1n) is 7.43. The van der Waals surface area contributed by atoms with Crippen molar-refractivity contribution in [1.29, 1.82) is 0 Å². The van der Waals surface area contributed by atoms with E-state index < -0.39 is 5.54 Å². The monoisotopic (exact) mass is 363 g/mol. The van der Waals surface area contributed by atoms with Crippen LogP contribution in [-0.4, -0.2) is 34.1 Å². The fourth-order valence-corrected chi connectivity index (χ4v) is 2.66. The molecular weight excluding hydrogens is 346 g/mol. The van der Waals surface area contributed by atoms with Crippen molar-refractivity contribution in [3.8, 4) is 22.9 Å². The summed E-state index contributed by atoms with van der Waals surface area (Å²) in [6.45, 7) is 3.80. The van der Waals surface area contributed by atoms with Crippen molar-refractivity contribution in [2.45, 2.75) is 19.4 Å². The van der Waals surface area contributed by atoms with E-state index in [1.807, 2.05) is 13.8 Å². The highest BCUT2D eigenvalue weighted by molar-refractivity contribution is 6.32. The van der Waals surface area contributed by atoms with E-state index in [9.17, 15) is 0 Å². The summed E-state index contributed by atoms with van der Waals surface area (Å²) < 4.78 is 17.6. The molecule has 0 unspecified atom stereocenters. The van der Waals surface area contributed by atoms with Gasteiger partial charge in [0.25, 0.3) is 5.89 Å². The van der Waals surface area contributed by atoms with Crippen LogP contribution in [0.25, 0.3) is 11.4 Å². The predicted octanol–water partition coefficient (Wildman–Crippen LogP) is 2.97. The quantitative estimate of drug-likeness (QED) is 0.743. The number of nitrogens with two attached hydrogens (primary N) is 1. The molecule has 0 aliphatic heterocycles. The molecule has 25 heavy (non-hydrogen) atoms. The van der Waals surface area contributed by atoms with E-state index in [0.717, 1.165) is 0 Å².